The maximum atomic E-state index is 12.6. The first-order valence-electron chi connectivity index (χ1n) is 8.17. The average Bonchev–Trinajstić information content (AvgIpc) is 3.35. The summed E-state index contributed by atoms with van der Waals surface area (Å²) in [5.74, 6) is 0.0799. The van der Waals surface area contributed by atoms with Gasteiger partial charge in [-0.25, -0.2) is 0 Å². The number of rotatable bonds is 3. The molecule has 0 atom stereocenters. The number of hydrogen-bond donors (Lipinski definition) is 0. The minimum Gasteiger partial charge on any atom is -0.462 e. The molecular weight excluding hydrogens is 366 g/mol. The molecule has 27 heavy (non-hydrogen) atoms. The molecule has 0 aromatic carbocycles. The Morgan fingerprint density at radius 1 is 1.37 bits per heavy atom. The monoisotopic (exact) mass is 379 g/mol. The summed E-state index contributed by atoms with van der Waals surface area (Å²) in [6.07, 6.45) is 3.12. The fourth-order valence-corrected chi connectivity index (χ4v) is 3.79. The number of aromatic nitrogens is 1. The Balaban J connectivity index is 1.77. The lowest BCUT2D eigenvalue weighted by Gasteiger charge is -2.25. The van der Waals surface area contributed by atoms with E-state index in [2.05, 4.69) is 4.98 Å². The van der Waals surface area contributed by atoms with Crippen molar-refractivity contribution in [2.45, 2.75) is 13.8 Å². The maximum absolute atomic E-state index is 12.6. The molecule has 0 radical (unpaired) electrons. The van der Waals surface area contributed by atoms with Crippen LogP contribution < -0.4 is 0 Å². The Morgan fingerprint density at radius 2 is 2.19 bits per heavy atom. The lowest BCUT2D eigenvalue weighted by Crippen LogP contribution is -2.42. The standard InChI is InChI=1S/C19H13N3O4S/c1-3-22-18(23)12(10(2)13(9-20)19(22)24)7-11-8-15-16(26-11)21-17(27-15)14-5-4-6-25-14/h4-8H,3H2,1-2H3/b12-7-. The van der Waals surface area contributed by atoms with Crippen LogP contribution in [0.15, 0.2) is 50.0 Å². The fourth-order valence-electron chi connectivity index (χ4n) is 2.89. The van der Waals surface area contributed by atoms with Crippen molar-refractivity contribution in [3.8, 4) is 16.8 Å². The van der Waals surface area contributed by atoms with Crippen molar-refractivity contribution in [1.82, 2.24) is 9.88 Å². The minimum absolute atomic E-state index is 0.0331. The van der Waals surface area contributed by atoms with Crippen LogP contribution in [0, 0.1) is 11.3 Å². The number of likely N-dealkylation sites (N-methyl/N-ethyl adjacent to an activating group) is 1. The van der Waals surface area contributed by atoms with Crippen molar-refractivity contribution in [3.63, 3.8) is 0 Å². The third kappa shape index (κ3) is 2.69. The molecule has 0 fully saturated rings. The van der Waals surface area contributed by atoms with Crippen LogP contribution in [0.3, 0.4) is 0 Å². The quantitative estimate of drug-likeness (QED) is 0.507. The van der Waals surface area contributed by atoms with Gasteiger partial charge in [0.1, 0.15) is 17.4 Å². The molecule has 0 saturated heterocycles. The van der Waals surface area contributed by atoms with E-state index < -0.39 is 11.8 Å². The van der Waals surface area contributed by atoms with Crippen LogP contribution >= 0.6 is 11.3 Å². The van der Waals surface area contributed by atoms with E-state index in [1.54, 1.807) is 38.3 Å². The second-order valence-electron chi connectivity index (χ2n) is 5.84. The van der Waals surface area contributed by atoms with Gasteiger partial charge in [0.05, 0.1) is 11.0 Å². The molecule has 4 rings (SSSR count). The van der Waals surface area contributed by atoms with Crippen LogP contribution in [0.5, 0.6) is 0 Å². The lowest BCUT2D eigenvalue weighted by molar-refractivity contribution is -0.140. The van der Waals surface area contributed by atoms with Crippen molar-refractivity contribution in [1.29, 1.82) is 5.26 Å². The Bertz CT molecular complexity index is 1140. The summed E-state index contributed by atoms with van der Waals surface area (Å²) in [7, 11) is 0. The minimum atomic E-state index is -0.565. The van der Waals surface area contributed by atoms with Crippen LogP contribution in [0.4, 0.5) is 0 Å². The molecule has 0 N–H and O–H groups in total. The number of nitrogens with zero attached hydrogens (tertiary/aromatic N) is 3. The maximum Gasteiger partial charge on any atom is 0.271 e. The number of furan rings is 2. The molecule has 0 bridgehead atoms. The Morgan fingerprint density at radius 3 is 2.81 bits per heavy atom. The molecule has 7 nitrogen and oxygen atoms in total. The number of imide groups is 1. The van der Waals surface area contributed by atoms with Crippen LogP contribution in [-0.2, 0) is 9.59 Å². The highest BCUT2D eigenvalue weighted by Gasteiger charge is 2.34. The van der Waals surface area contributed by atoms with Crippen molar-refractivity contribution in [2.75, 3.05) is 6.54 Å². The number of thiazole rings is 1. The summed E-state index contributed by atoms with van der Waals surface area (Å²) in [6.45, 7) is 3.46. The summed E-state index contributed by atoms with van der Waals surface area (Å²) in [5, 5.41) is 9.98. The zero-order valence-corrected chi connectivity index (χ0v) is 15.3. The zero-order chi connectivity index (χ0) is 19.1. The molecule has 4 heterocycles. The van der Waals surface area contributed by atoms with E-state index in [-0.39, 0.29) is 17.7 Å². The van der Waals surface area contributed by atoms with Crippen LogP contribution in [-0.4, -0.2) is 28.2 Å². The summed E-state index contributed by atoms with van der Waals surface area (Å²) in [5.41, 5.74) is 1.02. The Kier molecular flexibility index (Phi) is 4.01. The van der Waals surface area contributed by atoms with Gasteiger partial charge in [0, 0.05) is 18.2 Å². The van der Waals surface area contributed by atoms with Crippen molar-refractivity contribution >= 4 is 39.6 Å². The van der Waals surface area contributed by atoms with Crippen LogP contribution in [0.1, 0.15) is 19.6 Å². The molecule has 0 saturated carbocycles. The number of amides is 2. The van der Waals surface area contributed by atoms with E-state index in [4.69, 9.17) is 8.83 Å². The van der Waals surface area contributed by atoms with Crippen molar-refractivity contribution < 1.29 is 18.4 Å². The highest BCUT2D eigenvalue weighted by molar-refractivity contribution is 7.21. The van der Waals surface area contributed by atoms with Gasteiger partial charge in [0.25, 0.3) is 11.8 Å². The molecule has 3 aromatic heterocycles. The van der Waals surface area contributed by atoms with Gasteiger partial charge >= 0.3 is 0 Å². The lowest BCUT2D eigenvalue weighted by atomic mass is 9.95. The molecule has 1 aliphatic rings. The number of fused-ring (bicyclic) bond motifs is 1. The summed E-state index contributed by atoms with van der Waals surface area (Å²) in [4.78, 5) is 30.3. The van der Waals surface area contributed by atoms with Crippen LogP contribution in [0.2, 0.25) is 0 Å². The normalized spacial score (nSPS) is 16.6. The number of hydrogen-bond acceptors (Lipinski definition) is 7. The van der Waals surface area contributed by atoms with Gasteiger partial charge in [-0.1, -0.05) is 0 Å². The first kappa shape index (κ1) is 17.0. The van der Waals surface area contributed by atoms with Gasteiger partial charge < -0.3 is 8.83 Å². The van der Waals surface area contributed by atoms with Crippen molar-refractivity contribution in [2.24, 2.45) is 0 Å². The van der Waals surface area contributed by atoms with Gasteiger partial charge in [0.2, 0.25) is 5.71 Å². The first-order chi connectivity index (χ1) is 13.0. The predicted octanol–water partition coefficient (Wildman–Crippen LogP) is 3.76. The van der Waals surface area contributed by atoms with E-state index in [1.807, 2.05) is 12.1 Å². The highest BCUT2D eigenvalue weighted by Crippen LogP contribution is 2.34. The summed E-state index contributed by atoms with van der Waals surface area (Å²) >= 11 is 1.41. The zero-order valence-electron chi connectivity index (χ0n) is 14.5. The number of carbonyl (C=O) groups is 2. The molecule has 134 valence electrons. The molecule has 0 unspecified atom stereocenters. The van der Waals surface area contributed by atoms with Gasteiger partial charge in [-0.05, 0) is 37.6 Å². The van der Waals surface area contributed by atoms with Gasteiger partial charge in [0.15, 0.2) is 10.8 Å². The Labute approximate surface area is 157 Å². The third-order valence-corrected chi connectivity index (χ3v) is 5.27. The Hall–Kier alpha value is -3.44. The van der Waals surface area contributed by atoms with E-state index in [9.17, 15) is 14.9 Å². The van der Waals surface area contributed by atoms with E-state index >= 15 is 0 Å². The van der Waals surface area contributed by atoms with Crippen molar-refractivity contribution in [3.05, 3.63) is 46.9 Å². The predicted molar refractivity (Wildman–Crippen MR) is 98.3 cm³/mol. The van der Waals surface area contributed by atoms with Crippen LogP contribution in [0.25, 0.3) is 27.3 Å². The largest absolute Gasteiger partial charge is 0.462 e. The fraction of sp³-hybridized carbons (Fsp3) is 0.158. The molecule has 1 aliphatic heterocycles. The second-order valence-corrected chi connectivity index (χ2v) is 6.87. The summed E-state index contributed by atoms with van der Waals surface area (Å²) in [6, 6.07) is 7.26. The highest BCUT2D eigenvalue weighted by atomic mass is 32.1. The average molecular weight is 379 g/mol. The van der Waals surface area contributed by atoms with Gasteiger partial charge in [-0.15, -0.1) is 11.3 Å². The molecule has 3 aromatic rings. The topological polar surface area (TPSA) is 100 Å². The SMILES string of the molecule is CCN1C(=O)C(C#N)=C(C)/C(=C/c2cc3sc(-c4ccco4)nc3o2)C1=O. The van der Waals surface area contributed by atoms with Gasteiger partial charge in [-0.2, -0.15) is 10.2 Å². The first-order valence-corrected chi connectivity index (χ1v) is 8.98. The molecular formula is C19H13N3O4S. The molecule has 0 aliphatic carbocycles. The van der Waals surface area contributed by atoms with Gasteiger partial charge in [-0.3, -0.25) is 14.5 Å². The second kappa shape index (κ2) is 6.37. The molecule has 2 amide bonds. The van der Waals surface area contributed by atoms with E-state index in [1.165, 1.54) is 11.3 Å². The molecule has 0 spiro atoms. The van der Waals surface area contributed by atoms with E-state index in [0.717, 1.165) is 9.60 Å². The smallest absolute Gasteiger partial charge is 0.271 e. The number of nitriles is 1. The molecule has 8 heteroatoms. The van der Waals surface area contributed by atoms with E-state index in [0.29, 0.717) is 27.8 Å². The number of carbonyl (C=O) groups excluding carboxylic acids is 2. The third-order valence-electron chi connectivity index (χ3n) is 4.27. The summed E-state index contributed by atoms with van der Waals surface area (Å²) < 4.78 is 11.9.